The van der Waals surface area contributed by atoms with Crippen LogP contribution in [0.2, 0.25) is 0 Å². The van der Waals surface area contributed by atoms with Gasteiger partial charge in [-0.15, -0.1) is 11.8 Å². The Morgan fingerprint density at radius 1 is 1.29 bits per heavy atom. The molecule has 10 heteroatoms. The van der Waals surface area contributed by atoms with Crippen molar-refractivity contribution in [1.29, 1.82) is 5.26 Å². The number of aromatic nitrogens is 4. The van der Waals surface area contributed by atoms with E-state index < -0.39 is 22.8 Å². The molecule has 0 N–H and O–H groups in total. The molecule has 4 rings (SSSR count). The van der Waals surface area contributed by atoms with Crippen molar-refractivity contribution in [2.45, 2.75) is 49.7 Å². The standard InChI is InChI=1S/C21H20F3N5OS/c1-4-29-15(21(22,23)24)9-13-17(19(29)30)28(3)18(27-13)16-14(31-5-2)8-12(10-26-16)20(11-25)6-7-20/h8-10H,4-7H2,1-3H3. The van der Waals surface area contributed by atoms with Gasteiger partial charge in [-0.2, -0.15) is 18.4 Å². The van der Waals surface area contributed by atoms with Crippen LogP contribution in [0, 0.1) is 11.3 Å². The summed E-state index contributed by atoms with van der Waals surface area (Å²) in [4.78, 5) is 22.6. The fourth-order valence-corrected chi connectivity index (χ4v) is 4.61. The molecule has 3 aromatic heterocycles. The number of thioether (sulfide) groups is 1. The van der Waals surface area contributed by atoms with Crippen molar-refractivity contribution in [3.63, 3.8) is 0 Å². The molecule has 1 saturated carbocycles. The molecule has 1 aliphatic carbocycles. The lowest BCUT2D eigenvalue weighted by atomic mass is 9.99. The Balaban J connectivity index is 1.95. The van der Waals surface area contributed by atoms with E-state index >= 15 is 0 Å². The van der Waals surface area contributed by atoms with Crippen LogP contribution in [-0.2, 0) is 25.2 Å². The minimum Gasteiger partial charge on any atom is -0.321 e. The molecule has 0 atom stereocenters. The van der Waals surface area contributed by atoms with E-state index in [9.17, 15) is 23.2 Å². The number of nitriles is 1. The second kappa shape index (κ2) is 7.41. The van der Waals surface area contributed by atoms with Crippen molar-refractivity contribution in [2.24, 2.45) is 7.05 Å². The van der Waals surface area contributed by atoms with Crippen LogP contribution in [0.5, 0.6) is 0 Å². The highest BCUT2D eigenvalue weighted by atomic mass is 32.2. The molecule has 162 valence electrons. The summed E-state index contributed by atoms with van der Waals surface area (Å²) in [6, 6.07) is 5.18. The van der Waals surface area contributed by atoms with Gasteiger partial charge in [-0.1, -0.05) is 6.92 Å². The number of hydrogen-bond acceptors (Lipinski definition) is 5. The van der Waals surface area contributed by atoms with E-state index in [0.29, 0.717) is 11.5 Å². The molecule has 6 nitrogen and oxygen atoms in total. The summed E-state index contributed by atoms with van der Waals surface area (Å²) >= 11 is 1.51. The van der Waals surface area contributed by atoms with Crippen molar-refractivity contribution in [3.05, 3.63) is 39.9 Å². The van der Waals surface area contributed by atoms with Gasteiger partial charge in [0.2, 0.25) is 0 Å². The highest BCUT2D eigenvalue weighted by molar-refractivity contribution is 7.99. The predicted octanol–water partition coefficient (Wildman–Crippen LogP) is 4.50. The first-order valence-corrected chi connectivity index (χ1v) is 10.9. The van der Waals surface area contributed by atoms with Gasteiger partial charge >= 0.3 is 6.18 Å². The van der Waals surface area contributed by atoms with Gasteiger partial charge in [-0.3, -0.25) is 9.78 Å². The molecule has 1 fully saturated rings. The van der Waals surface area contributed by atoms with E-state index in [-0.39, 0.29) is 17.6 Å². The summed E-state index contributed by atoms with van der Waals surface area (Å²) in [5.41, 5.74) is -0.866. The van der Waals surface area contributed by atoms with Gasteiger partial charge in [-0.25, -0.2) is 4.98 Å². The first kappa shape index (κ1) is 21.4. The summed E-state index contributed by atoms with van der Waals surface area (Å²) < 4.78 is 42.7. The molecule has 0 unspecified atom stereocenters. The third-order valence-electron chi connectivity index (χ3n) is 5.62. The second-order valence-electron chi connectivity index (χ2n) is 7.50. The Labute approximate surface area is 180 Å². The minimum absolute atomic E-state index is 0.0199. The van der Waals surface area contributed by atoms with Crippen molar-refractivity contribution >= 4 is 22.8 Å². The zero-order chi connectivity index (χ0) is 22.6. The maximum Gasteiger partial charge on any atom is 0.431 e. The van der Waals surface area contributed by atoms with Gasteiger partial charge in [0.15, 0.2) is 5.82 Å². The Kier molecular flexibility index (Phi) is 5.12. The summed E-state index contributed by atoms with van der Waals surface area (Å²) in [5, 5.41) is 9.50. The average Bonchev–Trinajstić information content (AvgIpc) is 3.45. The molecular weight excluding hydrogens is 427 g/mol. The van der Waals surface area contributed by atoms with Crippen LogP contribution in [0.1, 0.15) is 37.9 Å². The maximum absolute atomic E-state index is 13.5. The molecule has 0 aromatic carbocycles. The summed E-state index contributed by atoms with van der Waals surface area (Å²) in [6.07, 6.45) is -1.47. The topological polar surface area (TPSA) is 76.5 Å². The largest absolute Gasteiger partial charge is 0.431 e. The fraction of sp³-hybridized carbons (Fsp3) is 0.429. The molecule has 1 aliphatic rings. The van der Waals surface area contributed by atoms with Crippen LogP contribution in [-0.4, -0.2) is 24.9 Å². The molecule has 31 heavy (non-hydrogen) atoms. The predicted molar refractivity (Wildman–Crippen MR) is 112 cm³/mol. The number of nitrogens with zero attached hydrogens (tertiary/aromatic N) is 5. The lowest BCUT2D eigenvalue weighted by Crippen LogP contribution is -2.28. The number of halogens is 3. The number of hydrogen-bond donors (Lipinski definition) is 0. The van der Waals surface area contributed by atoms with Crippen LogP contribution in [0.15, 0.2) is 28.0 Å². The van der Waals surface area contributed by atoms with Crippen molar-refractivity contribution in [1.82, 2.24) is 19.1 Å². The second-order valence-corrected chi connectivity index (χ2v) is 8.81. The maximum atomic E-state index is 13.5. The van der Waals surface area contributed by atoms with E-state index in [1.807, 2.05) is 13.0 Å². The molecule has 0 saturated heterocycles. The fourth-order valence-electron chi connectivity index (χ4n) is 3.81. The third-order valence-corrected chi connectivity index (χ3v) is 6.53. The van der Waals surface area contributed by atoms with Crippen LogP contribution in [0.3, 0.4) is 0 Å². The smallest absolute Gasteiger partial charge is 0.321 e. The summed E-state index contributed by atoms with van der Waals surface area (Å²) in [5.74, 6) is 1.06. The lowest BCUT2D eigenvalue weighted by Gasteiger charge is -2.14. The molecule has 0 spiro atoms. The molecule has 0 aliphatic heterocycles. The summed E-state index contributed by atoms with van der Waals surface area (Å²) in [7, 11) is 1.60. The van der Waals surface area contributed by atoms with Crippen LogP contribution in [0.25, 0.3) is 22.6 Å². The highest BCUT2D eigenvalue weighted by Gasteiger charge is 2.45. The van der Waals surface area contributed by atoms with Crippen LogP contribution >= 0.6 is 11.8 Å². The number of alkyl halides is 3. The van der Waals surface area contributed by atoms with Gasteiger partial charge in [-0.05, 0) is 43.2 Å². The van der Waals surface area contributed by atoms with Crippen LogP contribution < -0.4 is 5.56 Å². The Bertz CT molecular complexity index is 1280. The summed E-state index contributed by atoms with van der Waals surface area (Å²) in [6.45, 7) is 3.37. The highest BCUT2D eigenvalue weighted by Crippen LogP contribution is 2.48. The first-order chi connectivity index (χ1) is 14.7. The molecule has 3 aromatic rings. The van der Waals surface area contributed by atoms with Crippen LogP contribution in [0.4, 0.5) is 13.2 Å². The van der Waals surface area contributed by atoms with Gasteiger partial charge < -0.3 is 9.13 Å². The van der Waals surface area contributed by atoms with Gasteiger partial charge in [0, 0.05) is 24.7 Å². The zero-order valence-electron chi connectivity index (χ0n) is 17.2. The zero-order valence-corrected chi connectivity index (χ0v) is 18.1. The molecule has 0 bridgehead atoms. The van der Waals surface area contributed by atoms with Crippen molar-refractivity contribution < 1.29 is 13.2 Å². The quantitative estimate of drug-likeness (QED) is 0.538. The number of rotatable bonds is 5. The molecule has 0 amide bonds. The molecule has 0 radical (unpaired) electrons. The van der Waals surface area contributed by atoms with E-state index in [0.717, 1.165) is 39.7 Å². The minimum atomic E-state index is -4.67. The van der Waals surface area contributed by atoms with Gasteiger partial charge in [0.25, 0.3) is 5.56 Å². The number of fused-ring (bicyclic) bond motifs is 1. The van der Waals surface area contributed by atoms with Crippen molar-refractivity contribution in [2.75, 3.05) is 5.75 Å². The Morgan fingerprint density at radius 2 is 2.00 bits per heavy atom. The first-order valence-electron chi connectivity index (χ1n) is 9.89. The Morgan fingerprint density at radius 3 is 2.55 bits per heavy atom. The van der Waals surface area contributed by atoms with Gasteiger partial charge in [0.05, 0.1) is 17.0 Å². The number of imidazole rings is 1. The monoisotopic (exact) mass is 447 g/mol. The van der Waals surface area contributed by atoms with E-state index in [4.69, 9.17) is 0 Å². The third kappa shape index (κ3) is 3.41. The molecule has 3 heterocycles. The van der Waals surface area contributed by atoms with Crippen molar-refractivity contribution in [3.8, 4) is 17.6 Å². The molecular formula is C21H20F3N5OS. The SMILES string of the molecule is CCSc1cc(C2(C#N)CC2)cnc1-c1nc2cc(C(F)(F)F)n(CC)c(=O)c2n1C. The lowest BCUT2D eigenvalue weighted by molar-refractivity contribution is -0.144. The normalized spacial score (nSPS) is 15.3. The Hall–Kier alpha value is -2.80. The average molecular weight is 447 g/mol. The van der Waals surface area contributed by atoms with E-state index in [1.165, 1.54) is 23.3 Å². The number of pyridine rings is 2. The van der Waals surface area contributed by atoms with E-state index in [1.54, 1.807) is 13.2 Å². The van der Waals surface area contributed by atoms with E-state index in [2.05, 4.69) is 16.0 Å². The van der Waals surface area contributed by atoms with Gasteiger partial charge in [0.1, 0.15) is 16.9 Å². The number of aryl methyl sites for hydroxylation is 1.